The van der Waals surface area contributed by atoms with Gasteiger partial charge in [0, 0.05) is 6.20 Å². The molecule has 0 aromatic carbocycles. The third-order valence-corrected chi connectivity index (χ3v) is 5.72. The fraction of sp³-hybridized carbons (Fsp3) is 0.722. The molecule has 0 radical (unpaired) electrons. The molecule has 2 nitrogen and oxygen atoms in total. The minimum Gasteiger partial charge on any atom is -0.489 e. The molecule has 0 atom stereocenters. The smallest absolute Gasteiger partial charge is 0.138 e. The van der Waals surface area contributed by atoms with Gasteiger partial charge in [0.05, 0.1) is 12.3 Å². The summed E-state index contributed by atoms with van der Waals surface area (Å²) in [4.78, 5) is 4.45. The van der Waals surface area contributed by atoms with E-state index in [0.717, 1.165) is 35.3 Å². The van der Waals surface area contributed by atoms with Gasteiger partial charge in [-0.05, 0) is 87.2 Å². The van der Waals surface area contributed by atoms with Crippen molar-refractivity contribution in [2.75, 3.05) is 0 Å². The molecule has 0 amide bonds. The van der Waals surface area contributed by atoms with E-state index in [2.05, 4.69) is 31.1 Å². The molecule has 4 saturated carbocycles. The third kappa shape index (κ3) is 2.13. The van der Waals surface area contributed by atoms with Crippen molar-refractivity contribution in [3.63, 3.8) is 0 Å². The van der Waals surface area contributed by atoms with Gasteiger partial charge in [0.1, 0.15) is 5.75 Å². The topological polar surface area (TPSA) is 22.1 Å². The lowest BCUT2D eigenvalue weighted by Crippen LogP contribution is -2.43. The molecule has 4 bridgehead atoms. The van der Waals surface area contributed by atoms with Crippen LogP contribution in [0.4, 0.5) is 0 Å². The van der Waals surface area contributed by atoms with Crippen LogP contribution in [0, 0.1) is 23.7 Å². The number of hydrogen-bond donors (Lipinski definition) is 0. The summed E-state index contributed by atoms with van der Waals surface area (Å²) in [6.45, 7) is 4.16. The maximum absolute atomic E-state index is 5.84. The Kier molecular flexibility index (Phi) is 3.01. The molecule has 0 unspecified atom stereocenters. The highest BCUT2D eigenvalue weighted by Crippen LogP contribution is 2.59. The maximum Gasteiger partial charge on any atom is 0.138 e. The van der Waals surface area contributed by atoms with Crippen molar-refractivity contribution in [1.29, 1.82) is 0 Å². The summed E-state index contributed by atoms with van der Waals surface area (Å²) in [5.74, 6) is 5.62. The van der Waals surface area contributed by atoms with E-state index in [1.807, 2.05) is 6.20 Å². The molecule has 4 aliphatic carbocycles. The molecule has 1 aromatic heterocycles. The van der Waals surface area contributed by atoms with Gasteiger partial charge >= 0.3 is 0 Å². The van der Waals surface area contributed by atoms with E-state index in [9.17, 15) is 0 Å². The summed E-state index contributed by atoms with van der Waals surface area (Å²) < 4.78 is 5.84. The second-order valence-electron chi connectivity index (χ2n) is 7.58. The van der Waals surface area contributed by atoms with Crippen molar-refractivity contribution < 1.29 is 4.74 Å². The van der Waals surface area contributed by atoms with Crippen LogP contribution >= 0.6 is 0 Å². The van der Waals surface area contributed by atoms with Crippen LogP contribution in [-0.2, 0) is 0 Å². The summed E-state index contributed by atoms with van der Waals surface area (Å²) in [5, 5.41) is 0. The Bertz CT molecular complexity index is 468. The fourth-order valence-electron chi connectivity index (χ4n) is 5.42. The Hall–Kier alpha value is -1.05. The van der Waals surface area contributed by atoms with Crippen molar-refractivity contribution in [3.8, 4) is 5.75 Å². The zero-order valence-electron chi connectivity index (χ0n) is 12.6. The van der Waals surface area contributed by atoms with Crippen LogP contribution in [0.3, 0.4) is 0 Å². The predicted molar refractivity (Wildman–Crippen MR) is 79.8 cm³/mol. The van der Waals surface area contributed by atoms with Gasteiger partial charge < -0.3 is 4.74 Å². The molecule has 20 heavy (non-hydrogen) atoms. The van der Waals surface area contributed by atoms with Gasteiger partial charge in [-0.15, -0.1) is 0 Å². The van der Waals surface area contributed by atoms with Crippen LogP contribution in [-0.4, -0.2) is 11.1 Å². The van der Waals surface area contributed by atoms with Crippen LogP contribution in [0.25, 0.3) is 0 Å². The van der Waals surface area contributed by atoms with Crippen LogP contribution in [0.5, 0.6) is 5.75 Å². The van der Waals surface area contributed by atoms with Gasteiger partial charge in [0.2, 0.25) is 0 Å². The molecule has 0 spiro atoms. The molecular formula is C18H25NO. The van der Waals surface area contributed by atoms with E-state index < -0.39 is 0 Å². The molecule has 0 aliphatic heterocycles. The lowest BCUT2D eigenvalue weighted by atomic mass is 9.51. The van der Waals surface area contributed by atoms with Crippen molar-refractivity contribution in [3.05, 3.63) is 24.0 Å². The highest BCUT2D eigenvalue weighted by atomic mass is 16.5. The van der Waals surface area contributed by atoms with E-state index in [1.165, 1.54) is 37.7 Å². The standard InChI is InChI=1S/C18H25NO/c1-11(2)20-17-8-16(9-19-10-17)18-14-4-12-3-13(6-14)7-15(18)5-12/h8-15,18H,3-7H2,1-2H3. The highest BCUT2D eigenvalue weighted by Gasteiger charge is 2.48. The average Bonchev–Trinajstić information content (AvgIpc) is 2.37. The number of pyridine rings is 1. The molecule has 0 saturated heterocycles. The van der Waals surface area contributed by atoms with Gasteiger partial charge in [0.15, 0.2) is 0 Å². The summed E-state index contributed by atoms with van der Waals surface area (Å²) in [7, 11) is 0. The summed E-state index contributed by atoms with van der Waals surface area (Å²) in [5.41, 5.74) is 1.44. The normalized spacial score (nSPS) is 38.5. The molecule has 5 rings (SSSR count). The number of rotatable bonds is 3. The lowest BCUT2D eigenvalue weighted by molar-refractivity contribution is -0.00296. The van der Waals surface area contributed by atoms with E-state index in [-0.39, 0.29) is 6.10 Å². The van der Waals surface area contributed by atoms with Crippen LogP contribution in [0.2, 0.25) is 0 Å². The minimum atomic E-state index is 0.227. The second kappa shape index (κ2) is 4.75. The first-order valence-corrected chi connectivity index (χ1v) is 8.30. The number of nitrogens with zero attached hydrogens (tertiary/aromatic N) is 1. The van der Waals surface area contributed by atoms with Crippen LogP contribution < -0.4 is 4.74 Å². The Morgan fingerprint density at radius 1 is 1.00 bits per heavy atom. The largest absolute Gasteiger partial charge is 0.489 e. The van der Waals surface area contributed by atoms with E-state index >= 15 is 0 Å². The van der Waals surface area contributed by atoms with Crippen LogP contribution in [0.1, 0.15) is 57.4 Å². The van der Waals surface area contributed by atoms with Gasteiger partial charge in [-0.3, -0.25) is 4.98 Å². The van der Waals surface area contributed by atoms with Gasteiger partial charge in [0.25, 0.3) is 0 Å². The number of aromatic nitrogens is 1. The number of ether oxygens (including phenoxy) is 1. The van der Waals surface area contributed by atoms with Gasteiger partial charge in [-0.2, -0.15) is 0 Å². The fourth-order valence-corrected chi connectivity index (χ4v) is 5.42. The van der Waals surface area contributed by atoms with Crippen molar-refractivity contribution in [2.24, 2.45) is 23.7 Å². The van der Waals surface area contributed by atoms with E-state index in [0.29, 0.717) is 0 Å². The Labute approximate surface area is 121 Å². The molecule has 1 heterocycles. The Morgan fingerprint density at radius 2 is 1.65 bits per heavy atom. The van der Waals surface area contributed by atoms with Crippen molar-refractivity contribution in [2.45, 2.75) is 58.0 Å². The summed E-state index contributed by atoms with van der Waals surface area (Å²) in [6.07, 6.45) is 11.6. The summed E-state index contributed by atoms with van der Waals surface area (Å²) in [6, 6.07) is 2.26. The highest BCUT2D eigenvalue weighted by molar-refractivity contribution is 5.29. The summed E-state index contributed by atoms with van der Waals surface area (Å²) >= 11 is 0. The molecule has 4 fully saturated rings. The van der Waals surface area contributed by atoms with Crippen molar-refractivity contribution >= 4 is 0 Å². The average molecular weight is 271 g/mol. The first-order chi connectivity index (χ1) is 9.69. The third-order valence-electron chi connectivity index (χ3n) is 5.72. The Balaban J connectivity index is 1.61. The monoisotopic (exact) mass is 271 g/mol. The quantitative estimate of drug-likeness (QED) is 0.812. The molecule has 108 valence electrons. The zero-order chi connectivity index (χ0) is 13.7. The van der Waals surface area contributed by atoms with Gasteiger partial charge in [-0.1, -0.05) is 0 Å². The van der Waals surface area contributed by atoms with E-state index in [1.54, 1.807) is 0 Å². The molecule has 2 heteroatoms. The minimum absolute atomic E-state index is 0.227. The van der Waals surface area contributed by atoms with Gasteiger partial charge in [-0.25, -0.2) is 0 Å². The molecule has 0 N–H and O–H groups in total. The molecule has 1 aromatic rings. The first-order valence-electron chi connectivity index (χ1n) is 8.30. The second-order valence-corrected chi connectivity index (χ2v) is 7.58. The lowest BCUT2D eigenvalue weighted by Gasteiger charge is -2.54. The van der Waals surface area contributed by atoms with Crippen molar-refractivity contribution in [1.82, 2.24) is 4.98 Å². The van der Waals surface area contributed by atoms with Crippen LogP contribution in [0.15, 0.2) is 18.5 Å². The van der Waals surface area contributed by atoms with E-state index in [4.69, 9.17) is 4.74 Å². The maximum atomic E-state index is 5.84. The zero-order valence-corrected chi connectivity index (χ0v) is 12.6. The molecule has 4 aliphatic rings. The number of hydrogen-bond acceptors (Lipinski definition) is 2. The SMILES string of the molecule is CC(C)Oc1cncc(C2C3CC4CC(C3)CC2C4)c1. The first kappa shape index (κ1) is 12.7. The molecular weight excluding hydrogens is 246 g/mol. The predicted octanol–water partition coefficient (Wildman–Crippen LogP) is 4.41. The Morgan fingerprint density at radius 3 is 2.25 bits per heavy atom.